The van der Waals surface area contributed by atoms with Crippen LogP contribution in [0.15, 0.2) is 50.1 Å². The maximum Gasteiger partial charge on any atom is 0.510 e. The Morgan fingerprint density at radius 2 is 0.802 bits per heavy atom. The molecule has 0 radical (unpaired) electrons. The van der Waals surface area contributed by atoms with Crippen LogP contribution in [0.2, 0.25) is 0 Å². The summed E-state index contributed by atoms with van der Waals surface area (Å²) in [7, 11) is -12.4. The molecular weight excluding hydrogens is 1150 g/mol. The standard InChI is InChI=1S/C19H30N5O10P.2C9H14N5O4P.C4H4O4/c1-12(2)33-18(25)28-9-31-35(27,32-10-29-19(26)34-13(3)4)11-30-14(5)6-24-8-23-15-16(20)21-7-22-17(15)24;2*1-6(18-5-19(15,16)17)2-14-4-13-7-8(10)11-3-12-9(7)14;5-3(6)1-2-4(7)8/h7-8,12-14H,6,9-11H2,1-5H3,(H2,20,21,22);2*3-4,6H,2,5H2,1H3,(H2,10,11,12)(H2,15,16,17);1-2H,(H,5,6)(H,7,8)/b;;;2-1+/t14-;2*6-;/m111./s1. The fraction of sp³-hybridized carbons (Fsp3) is 0.488. The Bertz CT molecular complexity index is 3030. The fourth-order valence-electron chi connectivity index (χ4n) is 5.77. The summed E-state index contributed by atoms with van der Waals surface area (Å²) in [5, 5.41) is 15.6. The van der Waals surface area contributed by atoms with Gasteiger partial charge in [-0.25, -0.2) is 64.0 Å². The van der Waals surface area contributed by atoms with Crippen LogP contribution in [0.4, 0.5) is 27.0 Å². The van der Waals surface area contributed by atoms with Crippen LogP contribution in [-0.4, -0.2) is 176 Å². The first-order valence-corrected chi connectivity index (χ1v) is 28.5. The van der Waals surface area contributed by atoms with E-state index in [0.717, 1.165) is 0 Å². The average molecular weight is 1210 g/mol. The van der Waals surface area contributed by atoms with Crippen LogP contribution in [0.5, 0.6) is 0 Å². The first kappa shape index (κ1) is 67.9. The lowest BCUT2D eigenvalue weighted by Gasteiger charge is -2.21. The van der Waals surface area contributed by atoms with Gasteiger partial charge in [0.05, 0.1) is 69.1 Å². The van der Waals surface area contributed by atoms with Crippen molar-refractivity contribution >= 4 is 98.0 Å². The third-order valence-electron chi connectivity index (χ3n) is 9.11. The number of rotatable bonds is 25. The van der Waals surface area contributed by atoms with Crippen LogP contribution in [0.3, 0.4) is 0 Å². The molecule has 0 aliphatic carbocycles. The fourth-order valence-corrected chi connectivity index (χ4v) is 7.75. The van der Waals surface area contributed by atoms with Crippen LogP contribution in [-0.2, 0) is 85.1 Å². The van der Waals surface area contributed by atoms with E-state index in [0.29, 0.717) is 58.7 Å². The molecule has 6 rings (SSSR count). The molecule has 81 heavy (non-hydrogen) atoms. The zero-order valence-electron chi connectivity index (χ0n) is 44.3. The summed E-state index contributed by atoms with van der Waals surface area (Å²) in [6.45, 7) is 11.1. The molecule has 0 saturated carbocycles. The average Bonchev–Trinajstić information content (AvgIpc) is 4.14. The maximum atomic E-state index is 13.1. The second kappa shape index (κ2) is 32.1. The molecule has 0 amide bonds. The summed E-state index contributed by atoms with van der Waals surface area (Å²) in [6, 6.07) is 0. The van der Waals surface area contributed by atoms with Crippen molar-refractivity contribution in [1.29, 1.82) is 0 Å². The number of carboxylic acids is 2. The van der Waals surface area contributed by atoms with E-state index >= 15 is 0 Å². The minimum Gasteiger partial charge on any atom is -0.478 e. The Balaban J connectivity index is 0.000000316. The largest absolute Gasteiger partial charge is 0.510 e. The predicted molar refractivity (Wildman–Crippen MR) is 279 cm³/mol. The normalized spacial score (nSPS) is 12.9. The number of hydrogen-bond acceptors (Lipinski definition) is 28. The van der Waals surface area contributed by atoms with Gasteiger partial charge in [0.15, 0.2) is 34.4 Å². The van der Waals surface area contributed by atoms with E-state index in [1.54, 1.807) is 62.2 Å². The lowest BCUT2D eigenvalue weighted by atomic mass is 10.4. The summed E-state index contributed by atoms with van der Waals surface area (Å²) in [5.74, 6) is -1.71. The number of hydrogen-bond donors (Lipinski definition) is 9. The van der Waals surface area contributed by atoms with Gasteiger partial charge >= 0.3 is 47.0 Å². The molecule has 40 heteroatoms. The van der Waals surface area contributed by atoms with Crippen molar-refractivity contribution in [3.8, 4) is 0 Å². The molecule has 0 aliphatic heterocycles. The van der Waals surface area contributed by atoms with Gasteiger partial charge < -0.3 is 93.8 Å². The number of ether oxygens (including phenoxy) is 7. The van der Waals surface area contributed by atoms with Crippen LogP contribution in [0.1, 0.15) is 48.5 Å². The van der Waals surface area contributed by atoms with Crippen LogP contribution >= 0.6 is 22.8 Å². The van der Waals surface area contributed by atoms with Crippen LogP contribution in [0.25, 0.3) is 33.5 Å². The molecule has 6 aromatic rings. The van der Waals surface area contributed by atoms with E-state index in [4.69, 9.17) is 89.2 Å². The van der Waals surface area contributed by atoms with Crippen LogP contribution in [0, 0.1) is 0 Å². The summed E-state index contributed by atoms with van der Waals surface area (Å²) < 4.78 is 84.6. The number of aromatic nitrogens is 12. The molecule has 448 valence electrons. The lowest BCUT2D eigenvalue weighted by Crippen LogP contribution is -2.20. The zero-order chi connectivity index (χ0) is 60.7. The van der Waals surface area contributed by atoms with Gasteiger partial charge in [-0.2, -0.15) is 0 Å². The molecule has 3 atom stereocenters. The second-order valence-corrected chi connectivity index (χ2v) is 22.0. The van der Waals surface area contributed by atoms with Gasteiger partial charge in [0.1, 0.15) is 54.6 Å². The highest BCUT2D eigenvalue weighted by atomic mass is 31.2. The number of aliphatic carboxylic acids is 2. The number of imidazole rings is 3. The van der Waals surface area contributed by atoms with E-state index in [-0.39, 0.29) is 24.0 Å². The molecule has 6 aromatic heterocycles. The molecule has 0 fully saturated rings. The van der Waals surface area contributed by atoms with E-state index in [1.165, 1.54) is 38.0 Å². The van der Waals surface area contributed by atoms with Gasteiger partial charge in [0, 0.05) is 12.2 Å². The van der Waals surface area contributed by atoms with Gasteiger partial charge in [0.25, 0.3) is 0 Å². The molecule has 0 aromatic carbocycles. The highest BCUT2D eigenvalue weighted by Gasteiger charge is 2.29. The van der Waals surface area contributed by atoms with Crippen molar-refractivity contribution in [3.63, 3.8) is 0 Å². The first-order valence-electron chi connectivity index (χ1n) is 23.2. The highest BCUT2D eigenvalue weighted by molar-refractivity contribution is 7.53. The third kappa shape index (κ3) is 25.7. The third-order valence-corrected chi connectivity index (χ3v) is 11.5. The van der Waals surface area contributed by atoms with Gasteiger partial charge in [-0.05, 0) is 48.5 Å². The predicted octanol–water partition coefficient (Wildman–Crippen LogP) is 2.65. The minimum atomic E-state index is -4.16. The van der Waals surface area contributed by atoms with E-state index in [1.807, 2.05) is 0 Å². The Morgan fingerprint density at radius 1 is 0.506 bits per heavy atom. The van der Waals surface area contributed by atoms with E-state index in [2.05, 4.69) is 44.9 Å². The van der Waals surface area contributed by atoms with Gasteiger partial charge in [-0.3, -0.25) is 22.7 Å². The number of nitrogens with zero attached hydrogens (tertiary/aromatic N) is 12. The van der Waals surface area contributed by atoms with Crippen molar-refractivity contribution in [2.24, 2.45) is 0 Å². The van der Waals surface area contributed by atoms with Crippen molar-refractivity contribution in [3.05, 3.63) is 50.1 Å². The van der Waals surface area contributed by atoms with Gasteiger partial charge in [0.2, 0.25) is 13.6 Å². The molecule has 6 heterocycles. The van der Waals surface area contributed by atoms with Gasteiger partial charge in [-0.15, -0.1) is 0 Å². The SMILES string of the molecule is CC(C)OC(=O)OCOP(=O)(CO[C@H](C)Cn1cnc2c(N)ncnc21)OCOC(=O)OC(C)C.C[C@H](Cn1cnc2c(N)ncnc21)OCP(=O)(O)O.C[C@H](Cn1cnc2c(N)ncnc21)OCP(=O)(O)O.O=C(O)/C=C/C(=O)O. The number of anilines is 3. The molecule has 0 unspecified atom stereocenters. The molecule has 0 bridgehead atoms. The smallest absolute Gasteiger partial charge is 0.478 e. The Hall–Kier alpha value is -7.40. The molecular formula is C41H62N15O22P3. The topological polar surface area (TPSA) is 533 Å². The summed E-state index contributed by atoms with van der Waals surface area (Å²) >= 11 is 0. The molecule has 12 N–H and O–H groups in total. The molecule has 37 nitrogen and oxygen atoms in total. The monoisotopic (exact) mass is 1210 g/mol. The van der Waals surface area contributed by atoms with E-state index in [9.17, 15) is 32.9 Å². The number of carbonyl (C=O) groups is 4. The Labute approximate surface area is 458 Å². The number of carbonyl (C=O) groups excluding carboxylic acids is 2. The molecule has 0 saturated heterocycles. The first-order chi connectivity index (χ1) is 37.8. The second-order valence-electron chi connectivity index (χ2n) is 16.9. The minimum absolute atomic E-state index is 0.237. The van der Waals surface area contributed by atoms with Crippen molar-refractivity contribution in [2.75, 3.05) is 49.8 Å². The zero-order valence-corrected chi connectivity index (χ0v) is 47.0. The quantitative estimate of drug-likeness (QED) is 0.0172. The Kier molecular flexibility index (Phi) is 26.9. The molecule has 0 spiro atoms. The number of nitrogens with two attached hydrogens (primary N) is 3. The summed E-state index contributed by atoms with van der Waals surface area (Å²) in [5.41, 5.74) is 20.1. The summed E-state index contributed by atoms with van der Waals surface area (Å²) in [4.78, 5) is 113. The highest BCUT2D eigenvalue weighted by Crippen LogP contribution is 2.48. The van der Waals surface area contributed by atoms with Crippen molar-refractivity contribution in [1.82, 2.24) is 58.6 Å². The van der Waals surface area contributed by atoms with Crippen molar-refractivity contribution < 1.29 is 105 Å². The maximum absolute atomic E-state index is 13.1. The van der Waals surface area contributed by atoms with Gasteiger partial charge in [-0.1, -0.05) is 0 Å². The summed E-state index contributed by atoms with van der Waals surface area (Å²) in [6.07, 6.45) is 3.68. The molecule has 0 aliphatic rings. The lowest BCUT2D eigenvalue weighted by molar-refractivity contribution is -0.134. The number of nitrogen functional groups attached to an aromatic ring is 3. The number of fused-ring (bicyclic) bond motifs is 3. The Morgan fingerprint density at radius 3 is 1.07 bits per heavy atom. The van der Waals surface area contributed by atoms with Crippen molar-refractivity contribution in [2.45, 2.75) is 98.6 Å². The van der Waals surface area contributed by atoms with E-state index < -0.39 is 110 Å². The van der Waals surface area contributed by atoms with Crippen LogP contribution < -0.4 is 17.2 Å². The number of carboxylic acid groups (broad SMARTS) is 2.